The van der Waals surface area contributed by atoms with Crippen LogP contribution in [-0.4, -0.2) is 14.7 Å². The van der Waals surface area contributed by atoms with Crippen molar-refractivity contribution in [2.45, 2.75) is 48.5 Å². The third kappa shape index (κ3) is 49.8. The molecule has 2 rings (SSSR count). The van der Waals surface area contributed by atoms with Crippen LogP contribution in [0, 0.1) is 32.9 Å². The Kier molecular flexibility index (Phi) is 54.1. The molecule has 159 valence electrons. The molecular formula is C23H39NO2SY-2. The largest absolute Gasteiger partial charge is 0.358 e. The zero-order chi connectivity index (χ0) is 21.3. The summed E-state index contributed by atoms with van der Waals surface area (Å²) in [5, 5.41) is 0. The fourth-order valence-corrected chi connectivity index (χ4v) is 1.20. The molecule has 0 aromatic heterocycles. The average molecular weight is 483 g/mol. The van der Waals surface area contributed by atoms with Crippen molar-refractivity contribution in [1.29, 1.82) is 0 Å². The second-order valence-corrected chi connectivity index (χ2v) is 5.50. The van der Waals surface area contributed by atoms with E-state index >= 15 is 0 Å². The molecule has 3 nitrogen and oxygen atoms in total. The molecule has 0 heterocycles. The quantitative estimate of drug-likeness (QED) is 0.302. The maximum absolute atomic E-state index is 9.98. The van der Waals surface area contributed by atoms with E-state index in [9.17, 15) is 8.42 Å². The normalized spacial score (nSPS) is 6.96. The zero-order valence-corrected chi connectivity index (χ0v) is 22.8. The van der Waals surface area contributed by atoms with Gasteiger partial charge in [0, 0.05) is 38.8 Å². The molecule has 0 aliphatic heterocycles. The van der Waals surface area contributed by atoms with Gasteiger partial charge in [0.2, 0.25) is 10.0 Å². The van der Waals surface area contributed by atoms with Gasteiger partial charge in [-0.15, -0.1) is 0 Å². The van der Waals surface area contributed by atoms with Crippen LogP contribution in [0.25, 0.3) is 0 Å². The summed E-state index contributed by atoms with van der Waals surface area (Å²) in [6, 6.07) is 24.5. The van der Waals surface area contributed by atoms with Crippen LogP contribution in [0.4, 0.5) is 0 Å². The second-order valence-electron chi connectivity index (χ2n) is 3.75. The summed E-state index contributed by atoms with van der Waals surface area (Å²) in [5.74, 6) is 0. The predicted octanol–water partition coefficient (Wildman–Crippen LogP) is 6.13. The number of aryl methyl sites for hydroxylation is 1. The fourth-order valence-electron chi connectivity index (χ4n) is 0.983. The van der Waals surface area contributed by atoms with Crippen molar-refractivity contribution < 1.29 is 41.1 Å². The Hall–Kier alpha value is -1.15. The summed E-state index contributed by atoms with van der Waals surface area (Å²) >= 11 is 0. The zero-order valence-electron chi connectivity index (χ0n) is 19.2. The first-order chi connectivity index (χ1) is 12.5. The molecule has 2 aromatic carbocycles. The smallest absolute Gasteiger partial charge is 0.236 e. The SMILES string of the molecule is C#CNS(C)(=O)=O.CC.CC.CC.Cc1ccccc1.[CH3-].[Y].[c-]1ccccc1. The van der Waals surface area contributed by atoms with Gasteiger partial charge in [-0.2, -0.15) is 36.4 Å². The fraction of sp³-hybridized carbons (Fsp3) is 0.348. The first kappa shape index (κ1) is 41.3. The van der Waals surface area contributed by atoms with Gasteiger partial charge < -0.3 is 7.43 Å². The summed E-state index contributed by atoms with van der Waals surface area (Å²) in [5.41, 5.74) is 1.32. The maximum Gasteiger partial charge on any atom is 0.236 e. The molecule has 0 atom stereocenters. The van der Waals surface area contributed by atoms with Crippen LogP contribution >= 0.6 is 0 Å². The van der Waals surface area contributed by atoms with Crippen molar-refractivity contribution in [3.63, 3.8) is 0 Å². The third-order valence-electron chi connectivity index (χ3n) is 1.79. The van der Waals surface area contributed by atoms with E-state index in [2.05, 4.69) is 31.5 Å². The molecule has 5 heteroatoms. The van der Waals surface area contributed by atoms with Gasteiger partial charge in [0.05, 0.1) is 6.26 Å². The summed E-state index contributed by atoms with van der Waals surface area (Å²) in [7, 11) is -3.16. The molecule has 1 radical (unpaired) electrons. The van der Waals surface area contributed by atoms with Crippen molar-refractivity contribution in [2.24, 2.45) is 0 Å². The van der Waals surface area contributed by atoms with Gasteiger partial charge in [0.15, 0.2) is 0 Å². The Labute approximate surface area is 201 Å². The van der Waals surface area contributed by atoms with Crippen LogP contribution < -0.4 is 4.72 Å². The van der Waals surface area contributed by atoms with Gasteiger partial charge in [0.25, 0.3) is 0 Å². The van der Waals surface area contributed by atoms with Crippen molar-refractivity contribution in [1.82, 2.24) is 4.72 Å². The first-order valence-corrected chi connectivity index (χ1v) is 10.7. The van der Waals surface area contributed by atoms with Crippen LogP contribution in [0.15, 0.2) is 60.7 Å². The molecule has 0 saturated carbocycles. The number of nitrogens with one attached hydrogen (secondary N) is 1. The van der Waals surface area contributed by atoms with E-state index in [4.69, 9.17) is 0 Å². The van der Waals surface area contributed by atoms with Gasteiger partial charge in [-0.25, -0.2) is 13.1 Å². The monoisotopic (exact) mass is 482 g/mol. The number of terminal acetylenes is 1. The minimum Gasteiger partial charge on any atom is -0.358 e. The summed E-state index contributed by atoms with van der Waals surface area (Å²) in [6.45, 7) is 14.1. The van der Waals surface area contributed by atoms with Crippen LogP contribution in [0.3, 0.4) is 0 Å². The topological polar surface area (TPSA) is 46.2 Å². The van der Waals surface area contributed by atoms with Crippen LogP contribution in [0.2, 0.25) is 0 Å². The van der Waals surface area contributed by atoms with Gasteiger partial charge in [0.1, 0.15) is 0 Å². The molecular weight excluding hydrogens is 443 g/mol. The van der Waals surface area contributed by atoms with E-state index in [-0.39, 0.29) is 40.1 Å². The molecule has 0 aliphatic rings. The number of rotatable bonds is 1. The molecule has 0 amide bonds. The third-order valence-corrected chi connectivity index (χ3v) is 2.28. The second kappa shape index (κ2) is 36.7. The molecule has 2 aromatic rings. The number of sulfonamides is 1. The van der Waals surface area contributed by atoms with Crippen molar-refractivity contribution in [3.05, 3.63) is 79.7 Å². The Bertz CT molecular complexity index is 569. The first-order valence-electron chi connectivity index (χ1n) is 8.81. The van der Waals surface area contributed by atoms with Gasteiger partial charge >= 0.3 is 0 Å². The van der Waals surface area contributed by atoms with E-state index in [0.717, 1.165) is 6.26 Å². The minimum absolute atomic E-state index is 0. The standard InChI is InChI=1S/C7H8.C6H5.C3H5NO2S.3C2H6.CH3.Y/c1-7-5-3-2-4-6-7;1-2-4-6-5-3-1;1-3-4-7(2,5)6;3*1-2;;/h2-6H,1H3;1-5H;1,4H,2H3;3*1-2H3;1H3;/q;-1;;;;;-1;. The van der Waals surface area contributed by atoms with E-state index in [0.29, 0.717) is 0 Å². The van der Waals surface area contributed by atoms with Crippen LogP contribution in [0.5, 0.6) is 0 Å². The predicted molar refractivity (Wildman–Crippen MR) is 124 cm³/mol. The van der Waals surface area contributed by atoms with Gasteiger partial charge in [-0.05, 0) is 6.92 Å². The summed E-state index contributed by atoms with van der Waals surface area (Å²) in [4.78, 5) is 0. The molecule has 0 bridgehead atoms. The molecule has 0 saturated heterocycles. The van der Waals surface area contributed by atoms with E-state index in [1.807, 2.05) is 90.1 Å². The number of hydrogen-bond donors (Lipinski definition) is 1. The van der Waals surface area contributed by atoms with Crippen LogP contribution in [0.1, 0.15) is 47.1 Å². The van der Waals surface area contributed by atoms with Gasteiger partial charge in [-0.3, -0.25) is 0 Å². The summed E-state index contributed by atoms with van der Waals surface area (Å²) in [6.07, 6.45) is 5.57. The Balaban J connectivity index is -0.0000000554. The van der Waals surface area contributed by atoms with Crippen LogP contribution in [-0.2, 0) is 42.7 Å². The van der Waals surface area contributed by atoms with E-state index in [1.165, 1.54) is 5.56 Å². The molecule has 1 N–H and O–H groups in total. The molecule has 0 fully saturated rings. The minimum atomic E-state index is -3.16. The molecule has 0 unspecified atom stereocenters. The maximum atomic E-state index is 9.98. The molecule has 0 spiro atoms. The average Bonchev–Trinajstić information content (AvgIpc) is 2.69. The number of benzene rings is 2. The molecule has 0 aliphatic carbocycles. The van der Waals surface area contributed by atoms with Crippen molar-refractivity contribution in [2.75, 3.05) is 6.26 Å². The Morgan fingerprint density at radius 2 is 1.21 bits per heavy atom. The Morgan fingerprint density at radius 3 is 1.32 bits per heavy atom. The molecule has 28 heavy (non-hydrogen) atoms. The van der Waals surface area contributed by atoms with Gasteiger partial charge in [-0.1, -0.05) is 83.9 Å². The van der Waals surface area contributed by atoms with Crippen molar-refractivity contribution in [3.8, 4) is 12.5 Å². The summed E-state index contributed by atoms with van der Waals surface area (Å²) < 4.78 is 21.7. The number of hydrogen-bond acceptors (Lipinski definition) is 2. The van der Waals surface area contributed by atoms with Crippen molar-refractivity contribution >= 4 is 10.0 Å². The van der Waals surface area contributed by atoms with E-state index in [1.54, 1.807) is 10.8 Å². The van der Waals surface area contributed by atoms with E-state index < -0.39 is 10.0 Å². The Morgan fingerprint density at radius 1 is 0.857 bits per heavy atom.